The highest BCUT2D eigenvalue weighted by Gasteiger charge is 1.90. The lowest BCUT2D eigenvalue weighted by molar-refractivity contribution is 1.43. The normalized spacial score (nSPS) is 10.4. The monoisotopic (exact) mass is 147 g/mol. The summed E-state index contributed by atoms with van der Waals surface area (Å²) >= 11 is 0. The van der Waals surface area contributed by atoms with Crippen LogP contribution in [0, 0.1) is 6.92 Å². The van der Waals surface area contributed by atoms with Crippen molar-refractivity contribution in [2.45, 2.75) is 13.8 Å². The Morgan fingerprint density at radius 2 is 2.00 bits per heavy atom. The summed E-state index contributed by atoms with van der Waals surface area (Å²) in [5, 5.41) is 3.18. The van der Waals surface area contributed by atoms with Gasteiger partial charge in [0.25, 0.3) is 0 Å². The first-order valence-electron chi connectivity index (χ1n) is 3.78. The summed E-state index contributed by atoms with van der Waals surface area (Å²) in [4.78, 5) is 0. The van der Waals surface area contributed by atoms with Crippen molar-refractivity contribution < 1.29 is 0 Å². The molecular weight excluding hydrogens is 134 g/mol. The molecule has 0 fully saturated rings. The molecule has 0 bridgehead atoms. The van der Waals surface area contributed by atoms with Crippen LogP contribution >= 0.6 is 0 Å². The molecule has 1 heteroatoms. The zero-order chi connectivity index (χ0) is 8.10. The molecule has 0 aliphatic rings. The standard InChI is InChI=1S/C10H13N/c1-3-8-11-10-7-5-4-6-9(10)2/h3-8,11H,1-2H3/b8-3+. The molecule has 1 nitrogen and oxygen atoms in total. The minimum Gasteiger partial charge on any atom is -0.362 e. The second-order valence-corrected chi connectivity index (χ2v) is 2.46. The molecule has 1 rings (SSSR count). The van der Waals surface area contributed by atoms with Crippen molar-refractivity contribution in [1.29, 1.82) is 0 Å². The molecule has 0 aromatic heterocycles. The highest BCUT2D eigenvalue weighted by molar-refractivity contribution is 5.51. The van der Waals surface area contributed by atoms with Gasteiger partial charge in [0.1, 0.15) is 0 Å². The van der Waals surface area contributed by atoms with Gasteiger partial charge in [0, 0.05) is 5.69 Å². The Balaban J connectivity index is 2.77. The number of aryl methyl sites for hydroxylation is 1. The molecule has 0 saturated heterocycles. The molecule has 0 amide bonds. The smallest absolute Gasteiger partial charge is 0.0409 e. The van der Waals surface area contributed by atoms with E-state index in [2.05, 4.69) is 24.4 Å². The van der Waals surface area contributed by atoms with E-state index in [-0.39, 0.29) is 0 Å². The molecule has 0 heterocycles. The molecule has 0 atom stereocenters. The summed E-state index contributed by atoms with van der Waals surface area (Å²) in [6.07, 6.45) is 3.91. The molecule has 0 aliphatic heterocycles. The maximum absolute atomic E-state index is 3.18. The number of nitrogens with one attached hydrogen (secondary N) is 1. The molecule has 1 N–H and O–H groups in total. The molecule has 58 valence electrons. The van der Waals surface area contributed by atoms with Crippen molar-refractivity contribution in [3.63, 3.8) is 0 Å². The molecule has 11 heavy (non-hydrogen) atoms. The molecule has 1 aromatic carbocycles. The predicted molar refractivity (Wildman–Crippen MR) is 49.6 cm³/mol. The van der Waals surface area contributed by atoms with Crippen LogP contribution in [0.25, 0.3) is 0 Å². The number of rotatable bonds is 2. The van der Waals surface area contributed by atoms with Crippen LogP contribution in [-0.4, -0.2) is 0 Å². The van der Waals surface area contributed by atoms with E-state index >= 15 is 0 Å². The first-order valence-corrected chi connectivity index (χ1v) is 3.78. The number of hydrogen-bond donors (Lipinski definition) is 1. The lowest BCUT2D eigenvalue weighted by Gasteiger charge is -2.02. The van der Waals surface area contributed by atoms with Gasteiger partial charge in [-0.15, -0.1) is 0 Å². The molecule has 0 radical (unpaired) electrons. The van der Waals surface area contributed by atoms with E-state index in [0.717, 1.165) is 0 Å². The van der Waals surface area contributed by atoms with Crippen molar-refractivity contribution in [3.8, 4) is 0 Å². The minimum atomic E-state index is 1.17. The zero-order valence-electron chi connectivity index (χ0n) is 6.96. The van der Waals surface area contributed by atoms with Crippen LogP contribution in [0.4, 0.5) is 5.69 Å². The average Bonchev–Trinajstić information content (AvgIpc) is 2.03. The van der Waals surface area contributed by atoms with E-state index in [0.29, 0.717) is 0 Å². The fraction of sp³-hybridized carbons (Fsp3) is 0.200. The van der Waals surface area contributed by atoms with Crippen molar-refractivity contribution in [1.82, 2.24) is 0 Å². The predicted octanol–water partition coefficient (Wildman–Crippen LogP) is 2.94. The Kier molecular flexibility index (Phi) is 2.73. The minimum absolute atomic E-state index is 1.17. The van der Waals surface area contributed by atoms with Crippen LogP contribution in [0.3, 0.4) is 0 Å². The summed E-state index contributed by atoms with van der Waals surface area (Å²) < 4.78 is 0. The summed E-state index contributed by atoms with van der Waals surface area (Å²) in [5.41, 5.74) is 2.44. The van der Waals surface area contributed by atoms with E-state index in [1.807, 2.05) is 31.3 Å². The van der Waals surface area contributed by atoms with E-state index in [1.54, 1.807) is 0 Å². The number of hydrogen-bond acceptors (Lipinski definition) is 1. The maximum atomic E-state index is 3.18. The Hall–Kier alpha value is -1.24. The number of benzene rings is 1. The zero-order valence-corrected chi connectivity index (χ0v) is 6.96. The SMILES string of the molecule is C/C=C/Nc1ccccc1C. The van der Waals surface area contributed by atoms with Crippen LogP contribution in [0.2, 0.25) is 0 Å². The summed E-state index contributed by atoms with van der Waals surface area (Å²) in [7, 11) is 0. The molecule has 1 aromatic rings. The Morgan fingerprint density at radius 1 is 1.27 bits per heavy atom. The van der Waals surface area contributed by atoms with Gasteiger partial charge in [-0.1, -0.05) is 24.3 Å². The molecule has 0 spiro atoms. The topological polar surface area (TPSA) is 12.0 Å². The van der Waals surface area contributed by atoms with Crippen molar-refractivity contribution in [3.05, 3.63) is 42.1 Å². The van der Waals surface area contributed by atoms with Crippen molar-refractivity contribution >= 4 is 5.69 Å². The molecular formula is C10H13N. The average molecular weight is 147 g/mol. The van der Waals surface area contributed by atoms with Gasteiger partial charge in [0.15, 0.2) is 0 Å². The lowest BCUT2D eigenvalue weighted by atomic mass is 10.2. The van der Waals surface area contributed by atoms with Crippen LogP contribution < -0.4 is 5.32 Å². The number of anilines is 1. The first kappa shape index (κ1) is 7.86. The van der Waals surface area contributed by atoms with Crippen LogP contribution in [-0.2, 0) is 0 Å². The first-order chi connectivity index (χ1) is 5.34. The van der Waals surface area contributed by atoms with Gasteiger partial charge >= 0.3 is 0 Å². The van der Waals surface area contributed by atoms with Crippen LogP contribution in [0.1, 0.15) is 12.5 Å². The fourth-order valence-electron chi connectivity index (χ4n) is 0.908. The quantitative estimate of drug-likeness (QED) is 0.678. The Morgan fingerprint density at radius 3 is 2.64 bits per heavy atom. The molecule has 0 aliphatic carbocycles. The Bertz CT molecular complexity index is 251. The van der Waals surface area contributed by atoms with E-state index in [9.17, 15) is 0 Å². The molecule has 0 saturated carbocycles. The third-order valence-electron chi connectivity index (χ3n) is 1.55. The number of allylic oxidation sites excluding steroid dienone is 1. The highest BCUT2D eigenvalue weighted by Crippen LogP contribution is 2.12. The summed E-state index contributed by atoms with van der Waals surface area (Å²) in [6, 6.07) is 8.22. The number of para-hydroxylation sites is 1. The van der Waals surface area contributed by atoms with Crippen molar-refractivity contribution in [2.75, 3.05) is 5.32 Å². The van der Waals surface area contributed by atoms with Gasteiger partial charge in [-0.3, -0.25) is 0 Å². The third-order valence-corrected chi connectivity index (χ3v) is 1.55. The fourth-order valence-corrected chi connectivity index (χ4v) is 0.908. The highest BCUT2D eigenvalue weighted by atomic mass is 14.8. The van der Waals surface area contributed by atoms with Gasteiger partial charge < -0.3 is 5.32 Å². The van der Waals surface area contributed by atoms with Gasteiger partial charge in [-0.2, -0.15) is 0 Å². The van der Waals surface area contributed by atoms with E-state index < -0.39 is 0 Å². The Labute approximate surface area is 67.8 Å². The van der Waals surface area contributed by atoms with E-state index in [1.165, 1.54) is 11.3 Å². The van der Waals surface area contributed by atoms with Gasteiger partial charge in [-0.25, -0.2) is 0 Å². The van der Waals surface area contributed by atoms with Crippen molar-refractivity contribution in [2.24, 2.45) is 0 Å². The largest absolute Gasteiger partial charge is 0.362 e. The maximum Gasteiger partial charge on any atom is 0.0409 e. The summed E-state index contributed by atoms with van der Waals surface area (Å²) in [5.74, 6) is 0. The van der Waals surface area contributed by atoms with Gasteiger partial charge in [-0.05, 0) is 31.7 Å². The van der Waals surface area contributed by atoms with Gasteiger partial charge in [0.2, 0.25) is 0 Å². The van der Waals surface area contributed by atoms with E-state index in [4.69, 9.17) is 0 Å². The van der Waals surface area contributed by atoms with Crippen LogP contribution in [0.15, 0.2) is 36.5 Å². The molecule has 0 unspecified atom stereocenters. The second-order valence-electron chi connectivity index (χ2n) is 2.46. The van der Waals surface area contributed by atoms with Crippen LogP contribution in [0.5, 0.6) is 0 Å². The summed E-state index contributed by atoms with van der Waals surface area (Å²) in [6.45, 7) is 4.08. The third kappa shape index (κ3) is 2.11. The van der Waals surface area contributed by atoms with Gasteiger partial charge in [0.05, 0.1) is 0 Å². The lowest BCUT2D eigenvalue weighted by Crippen LogP contribution is -1.88. The second kappa shape index (κ2) is 3.81.